The number of carbonyl (C=O) groups is 1. The first-order chi connectivity index (χ1) is 8.77. The smallest absolute Gasteiger partial charge is 0.239 e. The Hall–Kier alpha value is -1.42. The van der Waals surface area contributed by atoms with Gasteiger partial charge in [-0.2, -0.15) is 0 Å². The van der Waals surface area contributed by atoms with Crippen LogP contribution in [0.2, 0.25) is 0 Å². The number of carbonyl (C=O) groups excluding carboxylic acids is 1. The third-order valence-corrected chi connectivity index (χ3v) is 3.38. The summed E-state index contributed by atoms with van der Waals surface area (Å²) in [4.78, 5) is 18.2. The number of rotatable bonds is 3. The maximum atomic E-state index is 12.3. The number of nitrogens with one attached hydrogen (secondary N) is 1. The third kappa shape index (κ3) is 3.53. The molecular weight excluding hydrogens is 226 g/mol. The van der Waals surface area contributed by atoms with Crippen LogP contribution in [0.5, 0.6) is 0 Å². The number of pyridine rings is 1. The van der Waals surface area contributed by atoms with Crippen LogP contribution in [0.15, 0.2) is 24.5 Å². The van der Waals surface area contributed by atoms with Crippen molar-refractivity contribution in [2.45, 2.75) is 38.3 Å². The van der Waals surface area contributed by atoms with Gasteiger partial charge in [0.2, 0.25) is 5.91 Å². The molecule has 18 heavy (non-hydrogen) atoms. The summed E-state index contributed by atoms with van der Waals surface area (Å²) in [5.41, 5.74) is 1.07. The molecule has 4 nitrogen and oxygen atoms in total. The highest BCUT2D eigenvalue weighted by molar-refractivity contribution is 5.81. The Morgan fingerprint density at radius 3 is 3.17 bits per heavy atom. The fraction of sp³-hybridized carbons (Fsp3) is 0.571. The second-order valence-electron chi connectivity index (χ2n) is 4.91. The predicted molar refractivity (Wildman–Crippen MR) is 71.0 cm³/mol. The molecule has 0 aliphatic carbocycles. The lowest BCUT2D eigenvalue weighted by Crippen LogP contribution is -2.44. The van der Waals surface area contributed by atoms with Gasteiger partial charge < -0.3 is 10.2 Å². The van der Waals surface area contributed by atoms with Crippen LogP contribution >= 0.6 is 0 Å². The van der Waals surface area contributed by atoms with Gasteiger partial charge in [0.1, 0.15) is 0 Å². The van der Waals surface area contributed by atoms with Crippen molar-refractivity contribution in [2.24, 2.45) is 0 Å². The SMILES string of the molecule is CN(Cc1cccnc1)C(=O)C1CCCCCN1. The molecule has 1 fully saturated rings. The summed E-state index contributed by atoms with van der Waals surface area (Å²) in [5, 5.41) is 3.34. The van der Waals surface area contributed by atoms with Gasteiger partial charge in [0, 0.05) is 26.0 Å². The summed E-state index contributed by atoms with van der Waals surface area (Å²) in [6, 6.07) is 3.89. The number of hydrogen-bond donors (Lipinski definition) is 1. The molecule has 1 amide bonds. The molecule has 0 bridgehead atoms. The molecule has 2 heterocycles. The summed E-state index contributed by atoms with van der Waals surface area (Å²) in [5.74, 6) is 0.195. The Labute approximate surface area is 108 Å². The largest absolute Gasteiger partial charge is 0.340 e. The minimum Gasteiger partial charge on any atom is -0.340 e. The minimum absolute atomic E-state index is 0.00540. The molecule has 0 saturated carbocycles. The molecule has 2 rings (SSSR count). The van der Waals surface area contributed by atoms with Gasteiger partial charge in [-0.25, -0.2) is 0 Å². The summed E-state index contributed by atoms with van der Waals surface area (Å²) in [7, 11) is 1.86. The monoisotopic (exact) mass is 247 g/mol. The van der Waals surface area contributed by atoms with E-state index in [1.54, 1.807) is 11.1 Å². The van der Waals surface area contributed by atoms with E-state index in [0.29, 0.717) is 6.54 Å². The van der Waals surface area contributed by atoms with Crippen molar-refractivity contribution in [1.29, 1.82) is 0 Å². The average Bonchev–Trinajstić information content (AvgIpc) is 2.68. The molecule has 1 unspecified atom stereocenters. The number of amides is 1. The zero-order valence-corrected chi connectivity index (χ0v) is 10.9. The molecule has 1 aromatic heterocycles. The molecule has 4 heteroatoms. The molecule has 1 aliphatic rings. The van der Waals surface area contributed by atoms with Gasteiger partial charge in [-0.3, -0.25) is 9.78 Å². The molecule has 0 radical (unpaired) electrons. The second kappa shape index (κ2) is 6.50. The van der Waals surface area contributed by atoms with Crippen LogP contribution in [0, 0.1) is 0 Å². The van der Waals surface area contributed by atoms with E-state index in [1.165, 1.54) is 12.8 Å². The number of nitrogens with zero attached hydrogens (tertiary/aromatic N) is 2. The summed E-state index contributed by atoms with van der Waals surface area (Å²) in [6.45, 7) is 1.59. The zero-order chi connectivity index (χ0) is 12.8. The van der Waals surface area contributed by atoms with Crippen LogP contribution in [-0.4, -0.2) is 35.4 Å². The normalized spacial score (nSPS) is 20.2. The van der Waals surface area contributed by atoms with E-state index in [4.69, 9.17) is 0 Å². The van der Waals surface area contributed by atoms with Crippen molar-refractivity contribution in [3.8, 4) is 0 Å². The first-order valence-corrected chi connectivity index (χ1v) is 6.64. The molecular formula is C14H21N3O. The lowest BCUT2D eigenvalue weighted by molar-refractivity contribution is -0.132. The second-order valence-corrected chi connectivity index (χ2v) is 4.91. The van der Waals surface area contributed by atoms with E-state index in [-0.39, 0.29) is 11.9 Å². The van der Waals surface area contributed by atoms with Crippen LogP contribution in [0.4, 0.5) is 0 Å². The van der Waals surface area contributed by atoms with Crippen LogP contribution in [0.1, 0.15) is 31.2 Å². The van der Waals surface area contributed by atoms with Crippen LogP contribution in [-0.2, 0) is 11.3 Å². The Kier molecular flexibility index (Phi) is 4.70. The highest BCUT2D eigenvalue weighted by atomic mass is 16.2. The van der Waals surface area contributed by atoms with Gasteiger partial charge in [-0.05, 0) is 31.0 Å². The van der Waals surface area contributed by atoms with Crippen molar-refractivity contribution in [1.82, 2.24) is 15.2 Å². The Bertz CT molecular complexity index is 372. The van der Waals surface area contributed by atoms with Crippen molar-refractivity contribution < 1.29 is 4.79 Å². The lowest BCUT2D eigenvalue weighted by atomic mass is 10.1. The summed E-state index contributed by atoms with van der Waals surface area (Å²) in [6.07, 6.45) is 8.06. The molecule has 1 aliphatic heterocycles. The highest BCUT2D eigenvalue weighted by Gasteiger charge is 2.22. The number of likely N-dealkylation sites (N-methyl/N-ethyl adjacent to an activating group) is 1. The topological polar surface area (TPSA) is 45.2 Å². The van der Waals surface area contributed by atoms with Gasteiger partial charge in [-0.15, -0.1) is 0 Å². The molecule has 1 atom stereocenters. The van der Waals surface area contributed by atoms with Gasteiger partial charge in [0.05, 0.1) is 6.04 Å². The van der Waals surface area contributed by atoms with E-state index in [1.807, 2.05) is 25.4 Å². The van der Waals surface area contributed by atoms with Crippen molar-refractivity contribution in [2.75, 3.05) is 13.6 Å². The van der Waals surface area contributed by atoms with Crippen LogP contribution in [0.3, 0.4) is 0 Å². The lowest BCUT2D eigenvalue weighted by Gasteiger charge is -2.23. The van der Waals surface area contributed by atoms with E-state index < -0.39 is 0 Å². The number of aromatic nitrogens is 1. The van der Waals surface area contributed by atoms with Crippen LogP contribution in [0.25, 0.3) is 0 Å². The number of hydrogen-bond acceptors (Lipinski definition) is 3. The summed E-state index contributed by atoms with van der Waals surface area (Å²) < 4.78 is 0. The molecule has 0 spiro atoms. The maximum absolute atomic E-state index is 12.3. The molecule has 1 N–H and O–H groups in total. The summed E-state index contributed by atoms with van der Waals surface area (Å²) >= 11 is 0. The Morgan fingerprint density at radius 1 is 1.50 bits per heavy atom. The minimum atomic E-state index is -0.00540. The Balaban J connectivity index is 1.91. The molecule has 98 valence electrons. The van der Waals surface area contributed by atoms with Crippen LogP contribution < -0.4 is 5.32 Å². The average molecular weight is 247 g/mol. The van der Waals surface area contributed by atoms with Crippen molar-refractivity contribution in [3.05, 3.63) is 30.1 Å². The quantitative estimate of drug-likeness (QED) is 0.882. The fourth-order valence-electron chi connectivity index (χ4n) is 2.35. The zero-order valence-electron chi connectivity index (χ0n) is 10.9. The first-order valence-electron chi connectivity index (χ1n) is 6.64. The van der Waals surface area contributed by atoms with Crippen molar-refractivity contribution >= 4 is 5.91 Å². The fourth-order valence-corrected chi connectivity index (χ4v) is 2.35. The predicted octanol–water partition coefficient (Wildman–Crippen LogP) is 1.57. The Morgan fingerprint density at radius 2 is 2.39 bits per heavy atom. The standard InChI is InChI=1S/C14H21N3O/c1-17(11-12-6-5-8-15-10-12)14(18)13-7-3-2-4-9-16-13/h5-6,8,10,13,16H,2-4,7,9,11H2,1H3. The molecule has 1 aromatic rings. The van der Waals surface area contributed by atoms with E-state index in [9.17, 15) is 4.79 Å². The van der Waals surface area contributed by atoms with E-state index in [2.05, 4.69) is 10.3 Å². The van der Waals surface area contributed by atoms with Gasteiger partial charge in [0.15, 0.2) is 0 Å². The highest BCUT2D eigenvalue weighted by Crippen LogP contribution is 2.11. The molecule has 0 aromatic carbocycles. The van der Waals surface area contributed by atoms with Gasteiger partial charge in [0.25, 0.3) is 0 Å². The molecule has 1 saturated heterocycles. The van der Waals surface area contributed by atoms with Crippen molar-refractivity contribution in [3.63, 3.8) is 0 Å². The van der Waals surface area contributed by atoms with Gasteiger partial charge >= 0.3 is 0 Å². The van der Waals surface area contributed by atoms with E-state index >= 15 is 0 Å². The maximum Gasteiger partial charge on any atom is 0.239 e. The third-order valence-electron chi connectivity index (χ3n) is 3.38. The van der Waals surface area contributed by atoms with Gasteiger partial charge in [-0.1, -0.05) is 18.9 Å². The first kappa shape index (κ1) is 13.0. The van der Waals surface area contributed by atoms with E-state index in [0.717, 1.165) is 24.9 Å².